The fourth-order valence-electron chi connectivity index (χ4n) is 1.60. The molecule has 0 saturated carbocycles. The van der Waals surface area contributed by atoms with Crippen molar-refractivity contribution in [2.24, 2.45) is 29.2 Å². The van der Waals surface area contributed by atoms with Crippen LogP contribution >= 0.6 is 0 Å². The lowest BCUT2D eigenvalue weighted by molar-refractivity contribution is -0.125. The first-order chi connectivity index (χ1) is 7.49. The molecule has 0 radical (unpaired) electrons. The van der Waals surface area contributed by atoms with Gasteiger partial charge in [0.05, 0.1) is 12.1 Å². The molecule has 4 N–H and O–H groups in total. The zero-order chi connectivity index (χ0) is 12.7. The summed E-state index contributed by atoms with van der Waals surface area (Å²) in [5.74, 6) is -4.70. The maximum Gasteiger partial charge on any atom is 0.235 e. The standard InChI is InChI=1S/C10H14N4O2/c1-2-3-6(7(4-11)9(13)15)8(5-12)10(14)16/h6-8H,2-3H2,1H3,(H2,13,15)(H2,14,16)/t7-,8-/m0/s1. The second-order valence-electron chi connectivity index (χ2n) is 3.47. The van der Waals surface area contributed by atoms with E-state index in [-0.39, 0.29) is 0 Å². The number of nitrogens with two attached hydrogens (primary N) is 2. The van der Waals surface area contributed by atoms with Crippen LogP contribution in [-0.2, 0) is 9.59 Å². The van der Waals surface area contributed by atoms with Crippen LogP contribution in [0.1, 0.15) is 19.8 Å². The monoisotopic (exact) mass is 222 g/mol. The van der Waals surface area contributed by atoms with Gasteiger partial charge >= 0.3 is 0 Å². The lowest BCUT2D eigenvalue weighted by Crippen LogP contribution is -2.38. The quantitative estimate of drug-likeness (QED) is 0.635. The van der Waals surface area contributed by atoms with Crippen LogP contribution in [0.25, 0.3) is 0 Å². The van der Waals surface area contributed by atoms with Crippen molar-refractivity contribution in [1.82, 2.24) is 0 Å². The van der Waals surface area contributed by atoms with Gasteiger partial charge in [-0.15, -0.1) is 0 Å². The Morgan fingerprint density at radius 3 is 1.69 bits per heavy atom. The Hall–Kier alpha value is -2.08. The predicted octanol–water partition coefficient (Wildman–Crippen LogP) is -0.347. The summed E-state index contributed by atoms with van der Waals surface area (Å²) >= 11 is 0. The summed E-state index contributed by atoms with van der Waals surface area (Å²) in [6.45, 7) is 1.82. The number of nitrogens with zero attached hydrogens (tertiary/aromatic N) is 2. The van der Waals surface area contributed by atoms with E-state index in [1.54, 1.807) is 12.1 Å². The Balaban J connectivity index is 5.13. The Kier molecular flexibility index (Phi) is 5.58. The average molecular weight is 222 g/mol. The van der Waals surface area contributed by atoms with Crippen LogP contribution in [0.4, 0.5) is 0 Å². The lowest BCUT2D eigenvalue weighted by Gasteiger charge is -2.21. The molecule has 0 fully saturated rings. The zero-order valence-corrected chi connectivity index (χ0v) is 9.01. The summed E-state index contributed by atoms with van der Waals surface area (Å²) in [5, 5.41) is 17.6. The molecule has 0 unspecified atom stereocenters. The minimum Gasteiger partial charge on any atom is -0.369 e. The second-order valence-corrected chi connectivity index (χ2v) is 3.47. The van der Waals surface area contributed by atoms with Crippen LogP contribution in [0.5, 0.6) is 0 Å². The highest BCUT2D eigenvalue weighted by atomic mass is 16.1. The van der Waals surface area contributed by atoms with Gasteiger partial charge in [0.2, 0.25) is 11.8 Å². The normalized spacial score (nSPS) is 13.5. The minimum atomic E-state index is -1.16. The molecular weight excluding hydrogens is 208 g/mol. The van der Waals surface area contributed by atoms with E-state index in [0.29, 0.717) is 12.8 Å². The van der Waals surface area contributed by atoms with Gasteiger partial charge in [-0.2, -0.15) is 10.5 Å². The predicted molar refractivity (Wildman–Crippen MR) is 55.0 cm³/mol. The summed E-state index contributed by atoms with van der Waals surface area (Å²) in [5.41, 5.74) is 10.1. The average Bonchev–Trinajstić information content (AvgIpc) is 2.18. The van der Waals surface area contributed by atoms with Crippen molar-refractivity contribution in [3.8, 4) is 12.1 Å². The van der Waals surface area contributed by atoms with Gasteiger partial charge in [0.15, 0.2) is 0 Å². The SMILES string of the molecule is CCCC([C@H](C#N)C(N)=O)[C@H](C#N)C(N)=O. The molecule has 16 heavy (non-hydrogen) atoms. The van der Waals surface area contributed by atoms with Crippen molar-refractivity contribution in [3.63, 3.8) is 0 Å². The largest absolute Gasteiger partial charge is 0.369 e. The van der Waals surface area contributed by atoms with Crippen molar-refractivity contribution in [3.05, 3.63) is 0 Å². The van der Waals surface area contributed by atoms with E-state index in [1.807, 2.05) is 6.92 Å². The summed E-state index contributed by atoms with van der Waals surface area (Å²) in [4.78, 5) is 22.1. The number of hydrogen-bond acceptors (Lipinski definition) is 4. The highest BCUT2D eigenvalue weighted by molar-refractivity contribution is 5.83. The molecule has 0 aromatic carbocycles. The van der Waals surface area contributed by atoms with Crippen LogP contribution < -0.4 is 11.5 Å². The smallest absolute Gasteiger partial charge is 0.235 e. The van der Waals surface area contributed by atoms with E-state index in [9.17, 15) is 9.59 Å². The summed E-state index contributed by atoms with van der Waals surface area (Å²) < 4.78 is 0. The van der Waals surface area contributed by atoms with Gasteiger partial charge in [0, 0.05) is 5.92 Å². The molecule has 0 aromatic rings. The third-order valence-electron chi connectivity index (χ3n) is 2.37. The van der Waals surface area contributed by atoms with Crippen molar-refractivity contribution in [2.45, 2.75) is 19.8 Å². The molecule has 0 aliphatic rings. The molecule has 6 heteroatoms. The van der Waals surface area contributed by atoms with Gasteiger partial charge in [-0.25, -0.2) is 0 Å². The number of carbonyl (C=O) groups is 2. The molecule has 2 amide bonds. The Bertz CT molecular complexity index is 321. The Morgan fingerprint density at radius 1 is 1.12 bits per heavy atom. The molecule has 0 aromatic heterocycles. The molecule has 0 saturated heterocycles. The molecule has 6 nitrogen and oxygen atoms in total. The van der Waals surface area contributed by atoms with Gasteiger partial charge in [-0.1, -0.05) is 13.3 Å². The van der Waals surface area contributed by atoms with Gasteiger partial charge in [-0.05, 0) is 6.42 Å². The van der Waals surface area contributed by atoms with Crippen LogP contribution in [0.3, 0.4) is 0 Å². The Morgan fingerprint density at radius 2 is 1.50 bits per heavy atom. The summed E-state index contributed by atoms with van der Waals surface area (Å²) in [7, 11) is 0. The van der Waals surface area contributed by atoms with E-state index in [4.69, 9.17) is 22.0 Å². The van der Waals surface area contributed by atoms with Crippen LogP contribution in [0, 0.1) is 40.4 Å². The van der Waals surface area contributed by atoms with E-state index < -0.39 is 29.6 Å². The second kappa shape index (κ2) is 6.41. The number of rotatable bonds is 6. The number of hydrogen-bond donors (Lipinski definition) is 2. The molecule has 0 heterocycles. The number of carbonyl (C=O) groups excluding carboxylic acids is 2. The van der Waals surface area contributed by atoms with Crippen molar-refractivity contribution < 1.29 is 9.59 Å². The third kappa shape index (κ3) is 3.25. The van der Waals surface area contributed by atoms with E-state index >= 15 is 0 Å². The highest BCUT2D eigenvalue weighted by Gasteiger charge is 2.35. The van der Waals surface area contributed by atoms with E-state index in [0.717, 1.165) is 0 Å². The third-order valence-corrected chi connectivity index (χ3v) is 2.37. The van der Waals surface area contributed by atoms with Gasteiger partial charge in [0.1, 0.15) is 11.8 Å². The fourth-order valence-corrected chi connectivity index (χ4v) is 1.60. The zero-order valence-electron chi connectivity index (χ0n) is 9.01. The van der Waals surface area contributed by atoms with E-state index in [1.165, 1.54) is 0 Å². The van der Waals surface area contributed by atoms with Crippen molar-refractivity contribution in [2.75, 3.05) is 0 Å². The topological polar surface area (TPSA) is 134 Å². The first-order valence-corrected chi connectivity index (χ1v) is 4.87. The number of nitriles is 2. The molecule has 0 spiro atoms. The first kappa shape index (κ1) is 13.9. The molecular formula is C10H14N4O2. The first-order valence-electron chi connectivity index (χ1n) is 4.87. The van der Waals surface area contributed by atoms with Crippen LogP contribution in [0.15, 0.2) is 0 Å². The molecule has 0 aliphatic carbocycles. The molecule has 0 bridgehead atoms. The lowest BCUT2D eigenvalue weighted by atomic mass is 9.79. The van der Waals surface area contributed by atoms with Crippen LogP contribution in [-0.4, -0.2) is 11.8 Å². The van der Waals surface area contributed by atoms with Crippen molar-refractivity contribution >= 4 is 11.8 Å². The van der Waals surface area contributed by atoms with Gasteiger partial charge < -0.3 is 11.5 Å². The summed E-state index contributed by atoms with van der Waals surface area (Å²) in [6.07, 6.45) is 1.00. The Labute approximate surface area is 93.8 Å². The molecule has 2 atom stereocenters. The van der Waals surface area contributed by atoms with Crippen LogP contribution in [0.2, 0.25) is 0 Å². The van der Waals surface area contributed by atoms with Gasteiger partial charge in [-0.3, -0.25) is 9.59 Å². The fraction of sp³-hybridized carbons (Fsp3) is 0.600. The molecule has 86 valence electrons. The molecule has 0 rings (SSSR count). The van der Waals surface area contributed by atoms with Crippen molar-refractivity contribution in [1.29, 1.82) is 10.5 Å². The minimum absolute atomic E-state index is 0.377. The maximum absolute atomic E-state index is 11.0. The van der Waals surface area contributed by atoms with E-state index in [2.05, 4.69) is 0 Å². The number of primary amides is 2. The summed E-state index contributed by atoms with van der Waals surface area (Å²) in [6, 6.07) is 3.45. The van der Waals surface area contributed by atoms with Gasteiger partial charge in [0.25, 0.3) is 0 Å². The number of amides is 2. The highest BCUT2D eigenvalue weighted by Crippen LogP contribution is 2.25. The molecule has 0 aliphatic heterocycles. The maximum atomic E-state index is 11.0.